The van der Waals surface area contributed by atoms with Gasteiger partial charge in [0.1, 0.15) is 5.82 Å². The highest BCUT2D eigenvalue weighted by atomic mass is 15.0. The summed E-state index contributed by atoms with van der Waals surface area (Å²) in [5.74, 6) is 0.815. The van der Waals surface area contributed by atoms with Crippen LogP contribution in [0, 0.1) is 20.8 Å². The van der Waals surface area contributed by atoms with Gasteiger partial charge in [0.05, 0.1) is 11.2 Å². The molecule has 3 nitrogen and oxygen atoms in total. The van der Waals surface area contributed by atoms with Crippen molar-refractivity contribution >= 4 is 0 Å². The molecular formula is C17H23N3. The Morgan fingerprint density at radius 2 is 1.70 bits per heavy atom. The Labute approximate surface area is 121 Å². The quantitative estimate of drug-likeness (QED) is 0.926. The van der Waals surface area contributed by atoms with Crippen LogP contribution in [0.1, 0.15) is 36.4 Å². The summed E-state index contributed by atoms with van der Waals surface area (Å²) in [6.45, 7) is 10.6. The molecule has 20 heavy (non-hydrogen) atoms. The molecule has 0 saturated carbocycles. The van der Waals surface area contributed by atoms with Crippen LogP contribution < -0.4 is 5.32 Å². The molecule has 2 rings (SSSR count). The topological polar surface area (TPSA) is 37.8 Å². The minimum absolute atomic E-state index is 0.232. The van der Waals surface area contributed by atoms with Crippen molar-refractivity contribution in [3.63, 3.8) is 0 Å². The van der Waals surface area contributed by atoms with Gasteiger partial charge in [-0.15, -0.1) is 0 Å². The van der Waals surface area contributed by atoms with E-state index in [1.54, 1.807) is 0 Å². The fourth-order valence-corrected chi connectivity index (χ4v) is 2.16. The van der Waals surface area contributed by atoms with Gasteiger partial charge in [0.15, 0.2) is 0 Å². The lowest BCUT2D eigenvalue weighted by atomic mass is 9.96. The zero-order valence-corrected chi connectivity index (χ0v) is 13.2. The minimum atomic E-state index is -0.232. The molecule has 0 atom stereocenters. The first-order valence-corrected chi connectivity index (χ1v) is 6.96. The SMILES string of the molecule is CNC(C)(C)c1nccc(-c2ccc(C)c(C)c2C)n1. The van der Waals surface area contributed by atoms with Crippen LogP contribution in [0.2, 0.25) is 0 Å². The van der Waals surface area contributed by atoms with Gasteiger partial charge in [0.25, 0.3) is 0 Å². The molecule has 2 aromatic rings. The summed E-state index contributed by atoms with van der Waals surface area (Å²) in [4.78, 5) is 9.15. The van der Waals surface area contributed by atoms with Gasteiger partial charge in [-0.1, -0.05) is 12.1 Å². The molecule has 0 aliphatic rings. The monoisotopic (exact) mass is 269 g/mol. The van der Waals surface area contributed by atoms with Crippen molar-refractivity contribution < 1.29 is 0 Å². The van der Waals surface area contributed by atoms with E-state index in [1.165, 1.54) is 22.3 Å². The summed E-state index contributed by atoms with van der Waals surface area (Å²) in [5.41, 5.74) is 5.87. The third-order valence-electron chi connectivity index (χ3n) is 4.17. The second-order valence-corrected chi connectivity index (χ2v) is 5.82. The lowest BCUT2D eigenvalue weighted by Crippen LogP contribution is -2.35. The highest BCUT2D eigenvalue weighted by Gasteiger charge is 2.21. The molecule has 1 heterocycles. The standard InChI is InChI=1S/C17H23N3/c1-11-7-8-14(13(3)12(11)2)15-9-10-19-16(20-15)17(4,5)18-6/h7-10,18H,1-6H3. The van der Waals surface area contributed by atoms with Crippen LogP contribution in [0.25, 0.3) is 11.3 Å². The number of aromatic nitrogens is 2. The summed E-state index contributed by atoms with van der Waals surface area (Å²) < 4.78 is 0. The lowest BCUT2D eigenvalue weighted by molar-refractivity contribution is 0.417. The summed E-state index contributed by atoms with van der Waals surface area (Å²) in [5, 5.41) is 3.25. The number of benzene rings is 1. The van der Waals surface area contributed by atoms with E-state index in [-0.39, 0.29) is 5.54 Å². The van der Waals surface area contributed by atoms with Crippen molar-refractivity contribution in [3.05, 3.63) is 46.9 Å². The first-order chi connectivity index (χ1) is 9.36. The molecule has 0 unspecified atom stereocenters. The maximum atomic E-state index is 4.74. The van der Waals surface area contributed by atoms with Crippen LogP contribution in [0.5, 0.6) is 0 Å². The zero-order valence-electron chi connectivity index (χ0n) is 13.2. The molecule has 0 fully saturated rings. The van der Waals surface area contributed by atoms with Crippen LogP contribution in [-0.2, 0) is 5.54 Å². The molecule has 0 amide bonds. The normalized spacial score (nSPS) is 11.7. The lowest BCUT2D eigenvalue weighted by Gasteiger charge is -2.22. The number of aryl methyl sites for hydroxylation is 1. The highest BCUT2D eigenvalue weighted by molar-refractivity contribution is 5.65. The second-order valence-electron chi connectivity index (χ2n) is 5.82. The van der Waals surface area contributed by atoms with Crippen LogP contribution in [0.15, 0.2) is 24.4 Å². The Kier molecular flexibility index (Phi) is 3.91. The summed E-state index contributed by atoms with van der Waals surface area (Å²) in [7, 11) is 1.93. The Hall–Kier alpha value is -1.74. The second kappa shape index (κ2) is 5.33. The van der Waals surface area contributed by atoms with Crippen molar-refractivity contribution in [2.75, 3.05) is 7.05 Å². The maximum absolute atomic E-state index is 4.74. The minimum Gasteiger partial charge on any atom is -0.308 e. The third-order valence-corrected chi connectivity index (χ3v) is 4.17. The molecule has 0 radical (unpaired) electrons. The molecule has 0 aliphatic heterocycles. The van der Waals surface area contributed by atoms with Gasteiger partial charge in [0, 0.05) is 11.8 Å². The zero-order chi connectivity index (χ0) is 14.9. The smallest absolute Gasteiger partial charge is 0.148 e. The van der Waals surface area contributed by atoms with E-state index in [4.69, 9.17) is 4.98 Å². The summed E-state index contributed by atoms with van der Waals surface area (Å²) in [6, 6.07) is 6.28. The van der Waals surface area contributed by atoms with Gasteiger partial charge in [-0.25, -0.2) is 9.97 Å². The van der Waals surface area contributed by atoms with Gasteiger partial charge < -0.3 is 5.32 Å². The highest BCUT2D eigenvalue weighted by Crippen LogP contribution is 2.27. The van der Waals surface area contributed by atoms with Crippen molar-refractivity contribution in [3.8, 4) is 11.3 Å². The van der Waals surface area contributed by atoms with Crippen molar-refractivity contribution in [2.24, 2.45) is 0 Å². The van der Waals surface area contributed by atoms with E-state index in [1.807, 2.05) is 19.3 Å². The van der Waals surface area contributed by atoms with Gasteiger partial charge in [0.2, 0.25) is 0 Å². The third kappa shape index (κ3) is 2.59. The van der Waals surface area contributed by atoms with Crippen LogP contribution in [0.3, 0.4) is 0 Å². The fraction of sp³-hybridized carbons (Fsp3) is 0.412. The average Bonchev–Trinajstić information content (AvgIpc) is 2.45. The first-order valence-electron chi connectivity index (χ1n) is 6.96. The van der Waals surface area contributed by atoms with Crippen LogP contribution in [-0.4, -0.2) is 17.0 Å². The molecule has 106 valence electrons. The van der Waals surface area contributed by atoms with E-state index >= 15 is 0 Å². The molecular weight excluding hydrogens is 246 g/mol. The summed E-state index contributed by atoms with van der Waals surface area (Å²) >= 11 is 0. The fourth-order valence-electron chi connectivity index (χ4n) is 2.16. The van der Waals surface area contributed by atoms with Crippen LogP contribution >= 0.6 is 0 Å². The number of rotatable bonds is 3. The Morgan fingerprint density at radius 3 is 2.35 bits per heavy atom. The predicted molar refractivity (Wildman–Crippen MR) is 83.8 cm³/mol. The van der Waals surface area contributed by atoms with E-state index in [0.717, 1.165) is 11.5 Å². The number of hydrogen-bond donors (Lipinski definition) is 1. The molecule has 1 aromatic carbocycles. The molecule has 0 spiro atoms. The number of nitrogens with one attached hydrogen (secondary N) is 1. The van der Waals surface area contributed by atoms with Crippen molar-refractivity contribution in [1.29, 1.82) is 0 Å². The van der Waals surface area contributed by atoms with E-state index < -0.39 is 0 Å². The number of hydrogen-bond acceptors (Lipinski definition) is 3. The van der Waals surface area contributed by atoms with Gasteiger partial charge in [-0.3, -0.25) is 0 Å². The Balaban J connectivity index is 2.55. The Bertz CT molecular complexity index is 630. The van der Waals surface area contributed by atoms with Gasteiger partial charge in [-0.2, -0.15) is 0 Å². The molecule has 0 aliphatic carbocycles. The molecule has 3 heteroatoms. The van der Waals surface area contributed by atoms with Crippen molar-refractivity contribution in [2.45, 2.75) is 40.2 Å². The van der Waals surface area contributed by atoms with Gasteiger partial charge >= 0.3 is 0 Å². The number of nitrogens with zero attached hydrogens (tertiary/aromatic N) is 2. The van der Waals surface area contributed by atoms with E-state index in [9.17, 15) is 0 Å². The largest absolute Gasteiger partial charge is 0.308 e. The molecule has 0 bridgehead atoms. The van der Waals surface area contributed by atoms with Gasteiger partial charge in [-0.05, 0) is 64.4 Å². The van der Waals surface area contributed by atoms with Crippen LogP contribution in [0.4, 0.5) is 0 Å². The van der Waals surface area contributed by atoms with E-state index in [0.29, 0.717) is 0 Å². The average molecular weight is 269 g/mol. The molecule has 0 saturated heterocycles. The first kappa shape index (κ1) is 14.7. The summed E-state index contributed by atoms with van der Waals surface area (Å²) in [6.07, 6.45) is 1.84. The maximum Gasteiger partial charge on any atom is 0.148 e. The molecule has 1 N–H and O–H groups in total. The molecule has 1 aromatic heterocycles. The van der Waals surface area contributed by atoms with E-state index in [2.05, 4.69) is 57.1 Å². The Morgan fingerprint density at radius 1 is 1.00 bits per heavy atom. The predicted octanol–water partition coefficient (Wildman–Crippen LogP) is 3.52. The van der Waals surface area contributed by atoms with Crippen molar-refractivity contribution in [1.82, 2.24) is 15.3 Å².